The number of aromatic nitrogens is 2. The molecule has 0 aromatic carbocycles. The van der Waals surface area contributed by atoms with Crippen LogP contribution in [0.3, 0.4) is 0 Å². The van der Waals surface area contributed by atoms with E-state index in [0.717, 1.165) is 31.8 Å². The van der Waals surface area contributed by atoms with Crippen molar-refractivity contribution in [3.8, 4) is 0 Å². The minimum Gasteiger partial charge on any atom is -0.302 e. The van der Waals surface area contributed by atoms with Gasteiger partial charge in [0.25, 0.3) is 0 Å². The highest BCUT2D eigenvalue weighted by Crippen LogP contribution is 2.35. The van der Waals surface area contributed by atoms with E-state index in [9.17, 15) is 0 Å². The summed E-state index contributed by atoms with van der Waals surface area (Å²) in [5.74, 6) is 0.729. The van der Waals surface area contributed by atoms with Crippen molar-refractivity contribution in [2.45, 2.75) is 51.2 Å². The minimum absolute atomic E-state index is 0.496. The van der Waals surface area contributed by atoms with Gasteiger partial charge in [-0.25, -0.2) is 9.97 Å². The summed E-state index contributed by atoms with van der Waals surface area (Å²) in [6, 6.07) is 0.601. The Hall–Kier alpha value is -1.26. The Morgan fingerprint density at radius 3 is 3.14 bits per heavy atom. The molecule has 21 heavy (non-hydrogen) atoms. The van der Waals surface area contributed by atoms with Crippen LogP contribution in [0.25, 0.3) is 0 Å². The van der Waals surface area contributed by atoms with Crippen LogP contribution in [0.15, 0.2) is 25.2 Å². The molecular formula is C17H26N4. The molecule has 1 aliphatic heterocycles. The molecule has 1 fully saturated rings. The lowest BCUT2D eigenvalue weighted by Gasteiger charge is -2.48. The predicted molar refractivity (Wildman–Crippen MR) is 84.9 cm³/mol. The van der Waals surface area contributed by atoms with E-state index in [0.29, 0.717) is 12.2 Å². The van der Waals surface area contributed by atoms with Gasteiger partial charge in [0.15, 0.2) is 0 Å². The molecular weight excluding hydrogens is 260 g/mol. The summed E-state index contributed by atoms with van der Waals surface area (Å²) in [6.45, 7) is 8.24. The molecule has 1 aliphatic carbocycles. The first kappa shape index (κ1) is 14.7. The highest BCUT2D eigenvalue weighted by Gasteiger charge is 2.39. The standard InChI is InChI=1S/C17H26N4/c1-3-7-19-17-6-5-13-9-15-14(11-18-12-20-15)10-16(13)21(17)8-4-2/h4,11-13,16-17,19H,2-3,5-10H2,1H3/t13-,16-,17?/m0/s1. The Bertz CT molecular complexity index is 487. The monoisotopic (exact) mass is 286 g/mol. The molecule has 0 saturated carbocycles. The molecule has 1 aromatic heterocycles. The molecule has 2 heterocycles. The predicted octanol–water partition coefficient (Wildman–Crippen LogP) is 2.17. The Morgan fingerprint density at radius 2 is 2.33 bits per heavy atom. The molecule has 0 spiro atoms. The van der Waals surface area contributed by atoms with Gasteiger partial charge in [-0.15, -0.1) is 6.58 Å². The zero-order valence-corrected chi connectivity index (χ0v) is 13.0. The van der Waals surface area contributed by atoms with Crippen molar-refractivity contribution in [3.05, 3.63) is 36.4 Å². The maximum absolute atomic E-state index is 4.48. The lowest BCUT2D eigenvalue weighted by atomic mass is 9.76. The molecule has 3 atom stereocenters. The zero-order chi connectivity index (χ0) is 14.7. The number of nitrogens with one attached hydrogen (secondary N) is 1. The van der Waals surface area contributed by atoms with Crippen molar-refractivity contribution < 1.29 is 0 Å². The van der Waals surface area contributed by atoms with Gasteiger partial charge in [-0.05, 0) is 50.1 Å². The van der Waals surface area contributed by atoms with E-state index in [1.54, 1.807) is 6.33 Å². The van der Waals surface area contributed by atoms with Gasteiger partial charge in [0.1, 0.15) is 6.33 Å². The number of likely N-dealkylation sites (tertiary alicyclic amines) is 1. The van der Waals surface area contributed by atoms with Gasteiger partial charge in [-0.1, -0.05) is 13.0 Å². The molecule has 1 saturated heterocycles. The number of hydrogen-bond donors (Lipinski definition) is 1. The fourth-order valence-electron chi connectivity index (χ4n) is 3.91. The maximum Gasteiger partial charge on any atom is 0.115 e. The molecule has 1 N–H and O–H groups in total. The second-order valence-electron chi connectivity index (χ2n) is 6.26. The van der Waals surface area contributed by atoms with Crippen molar-refractivity contribution in [2.24, 2.45) is 5.92 Å². The van der Waals surface area contributed by atoms with Gasteiger partial charge in [0, 0.05) is 24.5 Å². The average molecular weight is 286 g/mol. The fraction of sp³-hybridized carbons (Fsp3) is 0.647. The largest absolute Gasteiger partial charge is 0.302 e. The summed E-state index contributed by atoms with van der Waals surface area (Å²) in [6.07, 6.45) is 12.1. The van der Waals surface area contributed by atoms with Gasteiger partial charge in [-0.3, -0.25) is 4.90 Å². The van der Waals surface area contributed by atoms with Crippen LogP contribution in [-0.4, -0.2) is 40.2 Å². The highest BCUT2D eigenvalue weighted by atomic mass is 15.3. The van der Waals surface area contributed by atoms with E-state index >= 15 is 0 Å². The summed E-state index contributed by atoms with van der Waals surface area (Å²) in [5.41, 5.74) is 2.61. The maximum atomic E-state index is 4.48. The van der Waals surface area contributed by atoms with Crippen LogP contribution in [-0.2, 0) is 12.8 Å². The Labute approximate surface area is 127 Å². The number of rotatable bonds is 5. The molecule has 3 rings (SSSR count). The summed E-state index contributed by atoms with van der Waals surface area (Å²) >= 11 is 0. The minimum atomic E-state index is 0.496. The van der Waals surface area contributed by atoms with Gasteiger partial charge < -0.3 is 5.32 Å². The summed E-state index contributed by atoms with van der Waals surface area (Å²) in [5, 5.41) is 3.71. The molecule has 2 aliphatic rings. The van der Waals surface area contributed by atoms with E-state index < -0.39 is 0 Å². The van der Waals surface area contributed by atoms with E-state index in [4.69, 9.17) is 0 Å². The smallest absolute Gasteiger partial charge is 0.115 e. The van der Waals surface area contributed by atoms with Crippen molar-refractivity contribution in [3.63, 3.8) is 0 Å². The Morgan fingerprint density at radius 1 is 1.43 bits per heavy atom. The zero-order valence-electron chi connectivity index (χ0n) is 13.0. The van der Waals surface area contributed by atoms with Crippen molar-refractivity contribution in [2.75, 3.05) is 13.1 Å². The molecule has 114 valence electrons. The summed E-state index contributed by atoms with van der Waals surface area (Å²) < 4.78 is 0. The van der Waals surface area contributed by atoms with Crippen LogP contribution < -0.4 is 5.32 Å². The summed E-state index contributed by atoms with van der Waals surface area (Å²) in [4.78, 5) is 11.3. The number of fused-ring (bicyclic) bond motifs is 2. The van der Waals surface area contributed by atoms with E-state index in [-0.39, 0.29) is 0 Å². The Balaban J connectivity index is 1.80. The summed E-state index contributed by atoms with van der Waals surface area (Å²) in [7, 11) is 0. The van der Waals surface area contributed by atoms with Gasteiger partial charge in [-0.2, -0.15) is 0 Å². The average Bonchev–Trinajstić information content (AvgIpc) is 2.52. The van der Waals surface area contributed by atoms with Crippen LogP contribution >= 0.6 is 0 Å². The molecule has 0 amide bonds. The van der Waals surface area contributed by atoms with Crippen molar-refractivity contribution in [1.29, 1.82) is 0 Å². The number of piperidine rings is 1. The normalized spacial score (nSPS) is 28.7. The van der Waals surface area contributed by atoms with Crippen molar-refractivity contribution in [1.82, 2.24) is 20.2 Å². The third-order valence-electron chi connectivity index (χ3n) is 4.92. The second-order valence-corrected chi connectivity index (χ2v) is 6.26. The van der Waals surface area contributed by atoms with Crippen LogP contribution in [0.4, 0.5) is 0 Å². The van der Waals surface area contributed by atoms with Gasteiger partial charge >= 0.3 is 0 Å². The molecule has 4 heteroatoms. The molecule has 0 bridgehead atoms. The van der Waals surface area contributed by atoms with Crippen LogP contribution in [0.1, 0.15) is 37.4 Å². The first-order chi connectivity index (χ1) is 10.3. The third kappa shape index (κ3) is 3.01. The molecule has 1 unspecified atom stereocenters. The fourth-order valence-corrected chi connectivity index (χ4v) is 3.91. The lowest BCUT2D eigenvalue weighted by Crippen LogP contribution is -2.58. The molecule has 4 nitrogen and oxygen atoms in total. The molecule has 1 aromatic rings. The van der Waals surface area contributed by atoms with E-state index in [1.807, 2.05) is 12.3 Å². The lowest BCUT2D eigenvalue weighted by molar-refractivity contribution is 0.0272. The van der Waals surface area contributed by atoms with Gasteiger partial charge in [0.2, 0.25) is 0 Å². The SMILES string of the molecule is C=CCN1C(NCCC)CC[C@H]2Cc3ncncc3C[C@@H]21. The second kappa shape index (κ2) is 6.67. The first-order valence-corrected chi connectivity index (χ1v) is 8.21. The van der Waals surface area contributed by atoms with E-state index in [2.05, 4.69) is 33.7 Å². The highest BCUT2D eigenvalue weighted by molar-refractivity contribution is 5.23. The molecule has 0 radical (unpaired) electrons. The quantitative estimate of drug-likeness (QED) is 0.842. The van der Waals surface area contributed by atoms with Crippen LogP contribution in [0.2, 0.25) is 0 Å². The van der Waals surface area contributed by atoms with Crippen LogP contribution in [0.5, 0.6) is 0 Å². The Kier molecular flexibility index (Phi) is 4.66. The number of hydrogen-bond acceptors (Lipinski definition) is 4. The number of nitrogens with zero attached hydrogens (tertiary/aromatic N) is 3. The van der Waals surface area contributed by atoms with E-state index in [1.165, 1.54) is 30.5 Å². The third-order valence-corrected chi connectivity index (χ3v) is 4.92. The first-order valence-electron chi connectivity index (χ1n) is 8.21. The van der Waals surface area contributed by atoms with Crippen molar-refractivity contribution >= 4 is 0 Å². The van der Waals surface area contributed by atoms with Gasteiger partial charge in [0.05, 0.1) is 6.17 Å². The topological polar surface area (TPSA) is 41.0 Å². The van der Waals surface area contributed by atoms with Crippen LogP contribution in [0, 0.1) is 5.92 Å².